The smallest absolute Gasteiger partial charge is 0.132 e. The lowest BCUT2D eigenvalue weighted by molar-refractivity contribution is 0.414. The van der Waals surface area contributed by atoms with E-state index >= 15 is 0 Å². The molecule has 0 atom stereocenters. The second-order valence-corrected chi connectivity index (χ2v) is 3.17. The number of ether oxygens (including phenoxy) is 1. The third-order valence-electron chi connectivity index (χ3n) is 1.35. The molecular formula is C8H8Cl2O. The lowest BCUT2D eigenvalue weighted by Gasteiger charge is -2.03. The Kier molecular flexibility index (Phi) is 3.03. The van der Waals surface area contributed by atoms with Gasteiger partial charge in [0.2, 0.25) is 0 Å². The van der Waals surface area contributed by atoms with Crippen LogP contribution in [0.1, 0.15) is 10.4 Å². The number of benzene rings is 1. The highest BCUT2D eigenvalue weighted by Crippen LogP contribution is 2.26. The maximum Gasteiger partial charge on any atom is 0.132 e. The summed E-state index contributed by atoms with van der Waals surface area (Å²) in [5.41, 5.74) is 0.854. The third kappa shape index (κ3) is 2.28. The van der Waals surface area contributed by atoms with E-state index in [-0.39, 0.29) is 0 Å². The van der Waals surface area contributed by atoms with E-state index in [1.54, 1.807) is 7.11 Å². The van der Waals surface area contributed by atoms with Crippen LogP contribution in [0.2, 0.25) is 0 Å². The average molecular weight is 191 g/mol. The van der Waals surface area contributed by atoms with Crippen LogP contribution in [-0.4, -0.2) is 7.11 Å². The zero-order chi connectivity index (χ0) is 8.27. The lowest BCUT2D eigenvalue weighted by atomic mass is 10.2. The molecule has 1 nitrogen and oxygen atoms in total. The van der Waals surface area contributed by atoms with Crippen molar-refractivity contribution in [1.82, 2.24) is 0 Å². The maximum absolute atomic E-state index is 5.64. The number of rotatable bonds is 2. The van der Waals surface area contributed by atoms with Crippen LogP contribution < -0.4 is 4.74 Å². The molecule has 0 radical (unpaired) electrons. The van der Waals surface area contributed by atoms with Gasteiger partial charge in [-0.15, -0.1) is 23.2 Å². The van der Waals surface area contributed by atoms with Crippen molar-refractivity contribution < 1.29 is 4.74 Å². The second kappa shape index (κ2) is 3.84. The standard InChI is InChI=1S/C8H8Cl2O/c1-11-7-4-2-3-6(5-7)8(9)10/h2-5,8H,1H3. The van der Waals surface area contributed by atoms with Gasteiger partial charge in [-0.2, -0.15) is 0 Å². The number of hydrogen-bond acceptors (Lipinski definition) is 1. The summed E-state index contributed by atoms with van der Waals surface area (Å²) >= 11 is 11.3. The molecule has 11 heavy (non-hydrogen) atoms. The zero-order valence-electron chi connectivity index (χ0n) is 6.05. The predicted octanol–water partition coefficient (Wildman–Crippen LogP) is 3.17. The Bertz CT molecular complexity index is 235. The molecule has 0 heterocycles. The van der Waals surface area contributed by atoms with Crippen molar-refractivity contribution in [2.45, 2.75) is 4.84 Å². The summed E-state index contributed by atoms with van der Waals surface area (Å²) < 4.78 is 4.99. The highest BCUT2D eigenvalue weighted by Gasteiger charge is 2.02. The summed E-state index contributed by atoms with van der Waals surface area (Å²) in [5, 5.41) is 0. The fourth-order valence-electron chi connectivity index (χ4n) is 0.777. The Labute approximate surface area is 75.9 Å². The SMILES string of the molecule is COc1cccc(C(Cl)Cl)c1. The van der Waals surface area contributed by atoms with Crippen LogP contribution in [0.5, 0.6) is 5.75 Å². The molecule has 0 aromatic heterocycles. The highest BCUT2D eigenvalue weighted by molar-refractivity contribution is 6.44. The van der Waals surface area contributed by atoms with Gasteiger partial charge in [0.15, 0.2) is 0 Å². The van der Waals surface area contributed by atoms with Crippen molar-refractivity contribution in [3.05, 3.63) is 29.8 Å². The summed E-state index contributed by atoms with van der Waals surface area (Å²) in [6.07, 6.45) is 0. The van der Waals surface area contributed by atoms with E-state index in [2.05, 4.69) is 0 Å². The van der Waals surface area contributed by atoms with Crippen molar-refractivity contribution in [1.29, 1.82) is 0 Å². The first-order valence-electron chi connectivity index (χ1n) is 3.16. The van der Waals surface area contributed by atoms with Gasteiger partial charge in [0.1, 0.15) is 10.6 Å². The Morgan fingerprint density at radius 1 is 1.36 bits per heavy atom. The third-order valence-corrected chi connectivity index (χ3v) is 1.85. The largest absolute Gasteiger partial charge is 0.497 e. The minimum Gasteiger partial charge on any atom is -0.497 e. The highest BCUT2D eigenvalue weighted by atomic mass is 35.5. The fourth-order valence-corrected chi connectivity index (χ4v) is 1.05. The molecule has 0 aliphatic rings. The van der Waals surface area contributed by atoms with Gasteiger partial charge < -0.3 is 4.74 Å². The molecule has 0 saturated heterocycles. The summed E-state index contributed by atoms with van der Waals surface area (Å²) in [7, 11) is 1.61. The Balaban J connectivity index is 2.91. The van der Waals surface area contributed by atoms with Crippen molar-refractivity contribution in [2.24, 2.45) is 0 Å². The van der Waals surface area contributed by atoms with Crippen LogP contribution in [0, 0.1) is 0 Å². The molecule has 1 aromatic rings. The summed E-state index contributed by atoms with van der Waals surface area (Å²) in [5.74, 6) is 0.772. The van der Waals surface area contributed by atoms with Crippen LogP contribution >= 0.6 is 23.2 Å². The van der Waals surface area contributed by atoms with E-state index < -0.39 is 4.84 Å². The molecule has 60 valence electrons. The molecule has 0 N–H and O–H groups in total. The Hall–Kier alpha value is -0.400. The molecule has 0 bridgehead atoms. The molecule has 1 aromatic carbocycles. The van der Waals surface area contributed by atoms with Crippen molar-refractivity contribution in [3.63, 3.8) is 0 Å². The molecule has 0 aliphatic heterocycles. The van der Waals surface area contributed by atoms with E-state index in [1.165, 1.54) is 0 Å². The molecule has 0 unspecified atom stereocenters. The van der Waals surface area contributed by atoms with E-state index in [1.807, 2.05) is 24.3 Å². The fraction of sp³-hybridized carbons (Fsp3) is 0.250. The van der Waals surface area contributed by atoms with Crippen molar-refractivity contribution in [3.8, 4) is 5.75 Å². The van der Waals surface area contributed by atoms with Crippen molar-refractivity contribution >= 4 is 23.2 Å². The monoisotopic (exact) mass is 190 g/mol. The van der Waals surface area contributed by atoms with Crippen LogP contribution in [0.25, 0.3) is 0 Å². The van der Waals surface area contributed by atoms with Gasteiger partial charge in [-0.3, -0.25) is 0 Å². The maximum atomic E-state index is 5.64. The number of alkyl halides is 2. The topological polar surface area (TPSA) is 9.23 Å². The van der Waals surface area contributed by atoms with E-state index in [9.17, 15) is 0 Å². The van der Waals surface area contributed by atoms with Gasteiger partial charge in [0.05, 0.1) is 7.11 Å². The van der Waals surface area contributed by atoms with Crippen LogP contribution in [0.15, 0.2) is 24.3 Å². The zero-order valence-corrected chi connectivity index (χ0v) is 7.56. The molecule has 0 spiro atoms. The van der Waals surface area contributed by atoms with Gasteiger partial charge >= 0.3 is 0 Å². The van der Waals surface area contributed by atoms with Crippen molar-refractivity contribution in [2.75, 3.05) is 7.11 Å². The summed E-state index contributed by atoms with van der Waals surface area (Å²) in [4.78, 5) is -0.481. The summed E-state index contributed by atoms with van der Waals surface area (Å²) in [6, 6.07) is 7.36. The minimum absolute atomic E-state index is 0.481. The Morgan fingerprint density at radius 3 is 2.64 bits per heavy atom. The van der Waals surface area contributed by atoms with E-state index in [4.69, 9.17) is 27.9 Å². The number of hydrogen-bond donors (Lipinski definition) is 0. The molecule has 3 heteroatoms. The van der Waals surface area contributed by atoms with Crippen LogP contribution in [-0.2, 0) is 0 Å². The normalized spacial score (nSPS) is 10.2. The molecule has 0 aliphatic carbocycles. The van der Waals surface area contributed by atoms with Crippen LogP contribution in [0.4, 0.5) is 0 Å². The first-order valence-corrected chi connectivity index (χ1v) is 4.03. The van der Waals surface area contributed by atoms with E-state index in [0.29, 0.717) is 0 Å². The van der Waals surface area contributed by atoms with Gasteiger partial charge in [-0.25, -0.2) is 0 Å². The first kappa shape index (κ1) is 8.69. The number of methoxy groups -OCH3 is 1. The number of halogens is 2. The molecule has 1 rings (SSSR count). The van der Waals surface area contributed by atoms with Crippen LogP contribution in [0.3, 0.4) is 0 Å². The molecule has 0 fully saturated rings. The predicted molar refractivity (Wildman–Crippen MR) is 47.4 cm³/mol. The second-order valence-electron chi connectivity index (χ2n) is 2.08. The lowest BCUT2D eigenvalue weighted by Crippen LogP contribution is -1.85. The molecule has 0 amide bonds. The molecular weight excluding hydrogens is 183 g/mol. The van der Waals surface area contributed by atoms with Gasteiger partial charge in [-0.1, -0.05) is 12.1 Å². The van der Waals surface area contributed by atoms with Gasteiger partial charge in [0.25, 0.3) is 0 Å². The molecule has 0 saturated carbocycles. The minimum atomic E-state index is -0.481. The first-order chi connectivity index (χ1) is 5.24. The summed E-state index contributed by atoms with van der Waals surface area (Å²) in [6.45, 7) is 0. The van der Waals surface area contributed by atoms with E-state index in [0.717, 1.165) is 11.3 Å². The average Bonchev–Trinajstić information content (AvgIpc) is 2.05. The quantitative estimate of drug-likeness (QED) is 0.652. The Morgan fingerprint density at radius 2 is 2.09 bits per heavy atom. The van der Waals surface area contributed by atoms with Gasteiger partial charge in [0, 0.05) is 0 Å². The van der Waals surface area contributed by atoms with Gasteiger partial charge in [-0.05, 0) is 17.7 Å².